The monoisotopic (exact) mass is 398 g/mol. The van der Waals surface area contributed by atoms with Crippen molar-refractivity contribution in [3.8, 4) is 0 Å². The molecule has 0 bridgehead atoms. The van der Waals surface area contributed by atoms with Gasteiger partial charge in [-0.25, -0.2) is 14.6 Å². The van der Waals surface area contributed by atoms with Gasteiger partial charge in [-0.05, 0) is 32.1 Å². The summed E-state index contributed by atoms with van der Waals surface area (Å²) in [6, 6.07) is 0. The Morgan fingerprint density at radius 3 is 1.96 bits per heavy atom. The Bertz CT molecular complexity index is 401. The number of unbranched alkanes of at least 4 members (excludes halogenated alkanes) is 6. The average molecular weight is 399 g/mol. The molecule has 6 nitrogen and oxygen atoms in total. The highest BCUT2D eigenvalue weighted by Gasteiger charge is 2.26. The Morgan fingerprint density at radius 1 is 0.857 bits per heavy atom. The molecule has 6 heteroatoms. The largest absolute Gasteiger partial charge is 0.444 e. The molecule has 0 radical (unpaired) electrons. The molecule has 164 valence electrons. The molecule has 0 unspecified atom stereocenters. The van der Waals surface area contributed by atoms with Gasteiger partial charge in [0.05, 0.1) is 26.2 Å². The van der Waals surface area contributed by atoms with E-state index in [1.165, 1.54) is 58.2 Å². The van der Waals surface area contributed by atoms with Crippen LogP contribution in [0.25, 0.3) is 0 Å². The lowest BCUT2D eigenvalue weighted by Gasteiger charge is -2.39. The highest BCUT2D eigenvalue weighted by atomic mass is 16.5. The second kappa shape index (κ2) is 18.9. The molecule has 0 aromatic heterocycles. The molecule has 0 aromatic rings. The number of nitrogens with zero attached hydrogens (tertiary/aromatic N) is 2. The number of carbonyl (C=O) groups excluding carboxylic acids is 2. The second-order valence-electron chi connectivity index (χ2n) is 7.75. The fourth-order valence-corrected chi connectivity index (χ4v) is 3.44. The lowest BCUT2D eigenvalue weighted by Crippen LogP contribution is -2.52. The van der Waals surface area contributed by atoms with Gasteiger partial charge < -0.3 is 14.5 Å². The Hall–Kier alpha value is -1.39. The van der Waals surface area contributed by atoms with E-state index in [0.29, 0.717) is 19.7 Å². The average Bonchev–Trinajstić information content (AvgIpc) is 2.70. The molecular weight excluding hydrogens is 354 g/mol. The van der Waals surface area contributed by atoms with Gasteiger partial charge in [-0.2, -0.15) is 0 Å². The van der Waals surface area contributed by atoms with Crippen molar-refractivity contribution < 1.29 is 18.8 Å². The first-order chi connectivity index (χ1) is 13.6. The Balaban J connectivity index is 4.16. The maximum Gasteiger partial charge on any atom is 0.407 e. The predicted octanol–water partition coefficient (Wildman–Crippen LogP) is 4.83. The molecule has 1 N–H and O–H groups in total. The fraction of sp³-hybridized carbons (Fsp3) is 0.909. The Morgan fingerprint density at radius 2 is 1.43 bits per heavy atom. The van der Waals surface area contributed by atoms with Crippen LogP contribution in [0.4, 0.5) is 4.79 Å². The van der Waals surface area contributed by atoms with Crippen LogP contribution in [-0.2, 0) is 9.53 Å². The minimum atomic E-state index is -0.301. The number of alkyl carbamates (subject to hydrolysis) is 1. The number of quaternary nitrogens is 1. The van der Waals surface area contributed by atoms with Crippen LogP contribution in [0.3, 0.4) is 0 Å². The third-order valence-electron chi connectivity index (χ3n) is 5.29. The topological polar surface area (TPSA) is 67.8 Å². The van der Waals surface area contributed by atoms with Gasteiger partial charge >= 0.3 is 6.09 Å². The molecule has 0 aliphatic carbocycles. The smallest absolute Gasteiger partial charge is 0.407 e. The zero-order valence-corrected chi connectivity index (χ0v) is 18.6. The van der Waals surface area contributed by atoms with E-state index in [9.17, 15) is 9.59 Å². The Kier molecular flexibility index (Phi) is 18.0. The summed E-state index contributed by atoms with van der Waals surface area (Å²) in [5.41, 5.74) is 0. The number of hydrogen-bond donors (Lipinski definition) is 1. The van der Waals surface area contributed by atoms with Crippen molar-refractivity contribution in [1.29, 1.82) is 0 Å². The van der Waals surface area contributed by atoms with Gasteiger partial charge in [0, 0.05) is 6.54 Å². The molecule has 0 aliphatic heterocycles. The number of isocyanates is 1. The van der Waals surface area contributed by atoms with Crippen molar-refractivity contribution >= 4 is 12.2 Å². The van der Waals surface area contributed by atoms with Crippen LogP contribution in [-0.4, -0.2) is 62.5 Å². The van der Waals surface area contributed by atoms with E-state index in [1.54, 1.807) is 6.08 Å². The number of carbonyl (C=O) groups is 1. The summed E-state index contributed by atoms with van der Waals surface area (Å²) in [4.78, 5) is 25.4. The molecular formula is C22H44N3O3+. The van der Waals surface area contributed by atoms with E-state index in [0.717, 1.165) is 36.7 Å². The minimum Gasteiger partial charge on any atom is -0.444 e. The SMILES string of the molecule is CCCC[N+](CCCC)(CCCC)CCOC(=O)NCCCCCCN=C=O. The molecule has 0 saturated carbocycles. The van der Waals surface area contributed by atoms with Crippen LogP contribution in [0.15, 0.2) is 4.99 Å². The number of amides is 1. The molecule has 0 heterocycles. The first kappa shape index (κ1) is 26.6. The summed E-state index contributed by atoms with van der Waals surface area (Å²) in [5.74, 6) is 0. The first-order valence-corrected chi connectivity index (χ1v) is 11.4. The lowest BCUT2D eigenvalue weighted by molar-refractivity contribution is -0.929. The summed E-state index contributed by atoms with van der Waals surface area (Å²) in [7, 11) is 0. The van der Waals surface area contributed by atoms with Crippen molar-refractivity contribution in [1.82, 2.24) is 5.32 Å². The summed E-state index contributed by atoms with van der Waals surface area (Å²) < 4.78 is 6.56. The van der Waals surface area contributed by atoms with Crippen molar-refractivity contribution in [3.63, 3.8) is 0 Å². The zero-order valence-electron chi connectivity index (χ0n) is 18.6. The van der Waals surface area contributed by atoms with E-state index in [-0.39, 0.29) is 6.09 Å². The van der Waals surface area contributed by atoms with Crippen LogP contribution in [0.2, 0.25) is 0 Å². The van der Waals surface area contributed by atoms with Crippen LogP contribution in [0, 0.1) is 0 Å². The normalized spacial score (nSPS) is 11.1. The van der Waals surface area contributed by atoms with Crippen LogP contribution < -0.4 is 5.32 Å². The van der Waals surface area contributed by atoms with Gasteiger partial charge in [0.2, 0.25) is 6.08 Å². The summed E-state index contributed by atoms with van der Waals surface area (Å²) >= 11 is 0. The highest BCUT2D eigenvalue weighted by molar-refractivity contribution is 5.66. The second-order valence-corrected chi connectivity index (χ2v) is 7.75. The van der Waals surface area contributed by atoms with E-state index < -0.39 is 0 Å². The molecule has 0 spiro atoms. The molecule has 0 rings (SSSR count). The van der Waals surface area contributed by atoms with Crippen molar-refractivity contribution in [2.75, 3.05) is 45.9 Å². The van der Waals surface area contributed by atoms with Gasteiger partial charge in [0.15, 0.2) is 0 Å². The molecule has 28 heavy (non-hydrogen) atoms. The first-order valence-electron chi connectivity index (χ1n) is 11.4. The van der Waals surface area contributed by atoms with Gasteiger partial charge in [-0.1, -0.05) is 52.9 Å². The maximum atomic E-state index is 11.9. The van der Waals surface area contributed by atoms with E-state index in [2.05, 4.69) is 31.1 Å². The zero-order chi connectivity index (χ0) is 20.9. The van der Waals surface area contributed by atoms with Gasteiger partial charge in [-0.3, -0.25) is 0 Å². The fourth-order valence-electron chi connectivity index (χ4n) is 3.44. The standard InChI is InChI=1S/C22H43N3O3/c1-4-7-16-25(17-8-5-2,18-9-6-3)19-20-28-22(27)24-15-13-11-10-12-14-23-21-26/h4-20H2,1-3H3/p+1. The van der Waals surface area contributed by atoms with Crippen LogP contribution in [0.5, 0.6) is 0 Å². The Labute approximate surface area is 172 Å². The van der Waals surface area contributed by atoms with Crippen LogP contribution >= 0.6 is 0 Å². The van der Waals surface area contributed by atoms with Crippen molar-refractivity contribution in [3.05, 3.63) is 0 Å². The van der Waals surface area contributed by atoms with E-state index in [1.807, 2.05) is 0 Å². The van der Waals surface area contributed by atoms with Gasteiger partial charge in [0.25, 0.3) is 0 Å². The summed E-state index contributed by atoms with van der Waals surface area (Å²) in [6.45, 7) is 12.9. The molecule has 0 fully saturated rings. The third-order valence-corrected chi connectivity index (χ3v) is 5.29. The number of ether oxygens (including phenoxy) is 1. The number of hydrogen-bond acceptors (Lipinski definition) is 4. The quantitative estimate of drug-likeness (QED) is 0.147. The molecule has 0 aromatic carbocycles. The molecule has 0 atom stereocenters. The number of rotatable bonds is 19. The lowest BCUT2D eigenvalue weighted by atomic mass is 10.1. The molecule has 0 aliphatic rings. The molecule has 1 amide bonds. The van der Waals surface area contributed by atoms with Crippen LogP contribution in [0.1, 0.15) is 85.0 Å². The van der Waals surface area contributed by atoms with Crippen molar-refractivity contribution in [2.24, 2.45) is 4.99 Å². The van der Waals surface area contributed by atoms with Gasteiger partial charge in [-0.15, -0.1) is 0 Å². The number of aliphatic imine (C=N–C) groups is 1. The van der Waals surface area contributed by atoms with Gasteiger partial charge in [0.1, 0.15) is 13.2 Å². The maximum absolute atomic E-state index is 11.9. The van der Waals surface area contributed by atoms with Crippen molar-refractivity contribution in [2.45, 2.75) is 85.0 Å². The highest BCUT2D eigenvalue weighted by Crippen LogP contribution is 2.14. The van der Waals surface area contributed by atoms with E-state index in [4.69, 9.17) is 4.74 Å². The third kappa shape index (κ3) is 14.6. The van der Waals surface area contributed by atoms with E-state index >= 15 is 0 Å². The summed E-state index contributed by atoms with van der Waals surface area (Å²) in [5, 5.41) is 2.85. The minimum absolute atomic E-state index is 0.301. The number of nitrogens with one attached hydrogen (secondary N) is 1. The summed E-state index contributed by atoms with van der Waals surface area (Å²) in [6.07, 6.45) is 12.4. The predicted molar refractivity (Wildman–Crippen MR) is 115 cm³/mol. The molecule has 0 saturated heterocycles.